The Morgan fingerprint density at radius 2 is 2.00 bits per heavy atom. The fourth-order valence-electron chi connectivity index (χ4n) is 1.87. The van der Waals surface area contributed by atoms with Crippen LogP contribution in [0.5, 0.6) is 0 Å². The highest BCUT2D eigenvalue weighted by Gasteiger charge is 2.00. The molecule has 0 spiro atoms. The lowest BCUT2D eigenvalue weighted by Gasteiger charge is -2.05. The molecule has 0 fully saturated rings. The molecule has 120 valence electrons. The van der Waals surface area contributed by atoms with E-state index in [1.54, 1.807) is 0 Å². The van der Waals surface area contributed by atoms with Crippen LogP contribution >= 0.6 is 12.2 Å². The highest BCUT2D eigenvalue weighted by Crippen LogP contribution is 2.12. The van der Waals surface area contributed by atoms with Crippen molar-refractivity contribution in [2.75, 3.05) is 6.54 Å². The number of aliphatic imine (C=N–C) groups is 1. The van der Waals surface area contributed by atoms with Crippen LogP contribution in [0.4, 0.5) is 10.5 Å². The van der Waals surface area contributed by atoms with Crippen molar-refractivity contribution < 1.29 is 9.53 Å². The normalized spacial score (nSPS) is 9.17. The molecule has 1 amide bonds. The minimum Gasteiger partial charge on any atom is -0.445 e. The molecular formula is C19H16N2O2S. The summed E-state index contributed by atoms with van der Waals surface area (Å²) in [5, 5.41) is 4.99. The van der Waals surface area contributed by atoms with E-state index in [0.717, 1.165) is 16.8 Å². The zero-order valence-corrected chi connectivity index (χ0v) is 13.8. The van der Waals surface area contributed by atoms with Crippen LogP contribution < -0.4 is 5.32 Å². The molecule has 2 aromatic carbocycles. The smallest absolute Gasteiger partial charge is 0.407 e. The number of benzene rings is 2. The second-order valence-corrected chi connectivity index (χ2v) is 4.98. The average molecular weight is 336 g/mol. The largest absolute Gasteiger partial charge is 0.445 e. The van der Waals surface area contributed by atoms with Gasteiger partial charge in [-0.1, -0.05) is 48.2 Å². The van der Waals surface area contributed by atoms with Crippen molar-refractivity contribution >= 4 is 29.2 Å². The highest BCUT2D eigenvalue weighted by atomic mass is 32.1. The first-order chi connectivity index (χ1) is 11.8. The molecule has 1 N–H and O–H groups in total. The molecule has 0 bridgehead atoms. The molecule has 2 aromatic rings. The van der Waals surface area contributed by atoms with Gasteiger partial charge in [-0.05, 0) is 36.0 Å². The minimum absolute atomic E-state index is 0.255. The molecule has 0 radical (unpaired) electrons. The minimum atomic E-state index is -0.446. The van der Waals surface area contributed by atoms with E-state index < -0.39 is 6.09 Å². The quantitative estimate of drug-likeness (QED) is 0.387. The van der Waals surface area contributed by atoms with Crippen LogP contribution in [0.2, 0.25) is 0 Å². The summed E-state index contributed by atoms with van der Waals surface area (Å²) >= 11 is 4.57. The number of ether oxygens (including phenoxy) is 1. The van der Waals surface area contributed by atoms with Gasteiger partial charge in [0.1, 0.15) is 6.61 Å². The van der Waals surface area contributed by atoms with E-state index in [2.05, 4.69) is 39.5 Å². The molecule has 0 saturated carbocycles. The van der Waals surface area contributed by atoms with Crippen LogP contribution in [0.15, 0.2) is 59.6 Å². The average Bonchev–Trinajstić information content (AvgIpc) is 2.61. The van der Waals surface area contributed by atoms with Crippen LogP contribution in [0.25, 0.3) is 0 Å². The van der Waals surface area contributed by atoms with Crippen molar-refractivity contribution in [3.8, 4) is 11.8 Å². The first-order valence-corrected chi connectivity index (χ1v) is 7.80. The van der Waals surface area contributed by atoms with E-state index in [9.17, 15) is 4.79 Å². The lowest BCUT2D eigenvalue weighted by molar-refractivity contribution is 0.140. The molecule has 0 aromatic heterocycles. The SMILES string of the molecule is O=C(NCCC#Cc1cccc(N=C=S)c1)OCc1ccccc1. The second kappa shape index (κ2) is 9.96. The summed E-state index contributed by atoms with van der Waals surface area (Å²) in [6, 6.07) is 16.9. The number of nitrogens with zero attached hydrogens (tertiary/aromatic N) is 1. The molecule has 0 aliphatic carbocycles. The molecular weight excluding hydrogens is 320 g/mol. The third kappa shape index (κ3) is 6.45. The molecule has 0 saturated heterocycles. The molecule has 2 rings (SSSR count). The number of amides is 1. The zero-order valence-electron chi connectivity index (χ0n) is 13.0. The zero-order chi connectivity index (χ0) is 17.0. The van der Waals surface area contributed by atoms with E-state index in [0.29, 0.717) is 13.0 Å². The lowest BCUT2D eigenvalue weighted by atomic mass is 10.2. The number of hydrogen-bond donors (Lipinski definition) is 1. The van der Waals surface area contributed by atoms with E-state index in [4.69, 9.17) is 4.74 Å². The Labute approximate surface area is 146 Å². The van der Waals surface area contributed by atoms with Crippen LogP contribution in [-0.4, -0.2) is 17.8 Å². The standard InChI is InChI=1S/C19H16N2O2S/c22-19(23-14-17-8-2-1-3-9-17)20-12-5-4-7-16-10-6-11-18(13-16)21-15-24/h1-3,6,8-11,13H,5,12,14H2,(H,20,22). The van der Waals surface area contributed by atoms with Gasteiger partial charge in [-0.2, -0.15) is 4.99 Å². The maximum absolute atomic E-state index is 11.6. The van der Waals surface area contributed by atoms with E-state index in [1.165, 1.54) is 0 Å². The number of alkyl carbamates (subject to hydrolysis) is 1. The van der Waals surface area contributed by atoms with Gasteiger partial charge in [-0.15, -0.1) is 0 Å². The van der Waals surface area contributed by atoms with Crippen LogP contribution in [0.3, 0.4) is 0 Å². The van der Waals surface area contributed by atoms with Gasteiger partial charge in [-0.25, -0.2) is 4.79 Å². The highest BCUT2D eigenvalue weighted by molar-refractivity contribution is 7.78. The maximum atomic E-state index is 11.6. The van der Waals surface area contributed by atoms with Crippen molar-refractivity contribution in [3.63, 3.8) is 0 Å². The third-order valence-electron chi connectivity index (χ3n) is 2.99. The summed E-state index contributed by atoms with van der Waals surface area (Å²) in [5.74, 6) is 6.00. The van der Waals surface area contributed by atoms with Crippen LogP contribution in [0, 0.1) is 11.8 Å². The Bertz CT molecular complexity index is 788. The Morgan fingerprint density at radius 1 is 1.17 bits per heavy atom. The van der Waals surface area contributed by atoms with Crippen molar-refractivity contribution in [2.45, 2.75) is 13.0 Å². The Hall–Kier alpha value is -2.93. The molecule has 0 heterocycles. The number of rotatable bonds is 5. The molecule has 0 atom stereocenters. The van der Waals surface area contributed by atoms with Crippen molar-refractivity contribution in [2.24, 2.45) is 4.99 Å². The summed E-state index contributed by atoms with van der Waals surface area (Å²) in [4.78, 5) is 15.5. The topological polar surface area (TPSA) is 50.7 Å². The molecule has 5 heteroatoms. The third-order valence-corrected chi connectivity index (χ3v) is 3.08. The van der Waals surface area contributed by atoms with E-state index >= 15 is 0 Å². The van der Waals surface area contributed by atoms with Crippen molar-refractivity contribution in [1.29, 1.82) is 0 Å². The molecule has 4 nitrogen and oxygen atoms in total. The summed E-state index contributed by atoms with van der Waals surface area (Å²) < 4.78 is 5.11. The van der Waals surface area contributed by atoms with Gasteiger partial charge in [0, 0.05) is 18.5 Å². The molecule has 0 unspecified atom stereocenters. The van der Waals surface area contributed by atoms with Crippen LogP contribution in [-0.2, 0) is 11.3 Å². The summed E-state index contributed by atoms with van der Waals surface area (Å²) in [7, 11) is 0. The molecule has 24 heavy (non-hydrogen) atoms. The number of thiocarbonyl (C=S) groups is 1. The number of carbonyl (C=O) groups is 1. The summed E-state index contributed by atoms with van der Waals surface area (Å²) in [5.41, 5.74) is 2.51. The number of nitrogens with one attached hydrogen (secondary N) is 1. The van der Waals surface area contributed by atoms with Gasteiger partial charge in [-0.3, -0.25) is 0 Å². The van der Waals surface area contributed by atoms with E-state index in [-0.39, 0.29) is 6.61 Å². The van der Waals surface area contributed by atoms with Gasteiger partial charge >= 0.3 is 6.09 Å². The predicted octanol–water partition coefficient (Wildman–Crippen LogP) is 4.09. The Kier molecular flexibility index (Phi) is 7.23. The van der Waals surface area contributed by atoms with Crippen molar-refractivity contribution in [3.05, 3.63) is 65.7 Å². The number of carbonyl (C=O) groups excluding carboxylic acids is 1. The summed E-state index contributed by atoms with van der Waals surface area (Å²) in [6.45, 7) is 0.684. The van der Waals surface area contributed by atoms with E-state index in [1.807, 2.05) is 54.6 Å². The molecule has 0 aliphatic heterocycles. The van der Waals surface area contributed by atoms with Gasteiger partial charge < -0.3 is 10.1 Å². The monoisotopic (exact) mass is 336 g/mol. The lowest BCUT2D eigenvalue weighted by Crippen LogP contribution is -2.24. The Balaban J connectivity index is 1.70. The number of hydrogen-bond acceptors (Lipinski definition) is 4. The maximum Gasteiger partial charge on any atom is 0.407 e. The number of isothiocyanates is 1. The van der Waals surface area contributed by atoms with Gasteiger partial charge in [0.15, 0.2) is 0 Å². The van der Waals surface area contributed by atoms with Gasteiger partial charge in [0.25, 0.3) is 0 Å². The molecule has 0 aliphatic rings. The van der Waals surface area contributed by atoms with Crippen LogP contribution in [0.1, 0.15) is 17.5 Å². The Morgan fingerprint density at radius 3 is 2.79 bits per heavy atom. The predicted molar refractivity (Wildman–Crippen MR) is 97.3 cm³/mol. The fourth-order valence-corrected chi connectivity index (χ4v) is 1.98. The second-order valence-electron chi connectivity index (χ2n) is 4.79. The van der Waals surface area contributed by atoms with Gasteiger partial charge in [0.2, 0.25) is 0 Å². The van der Waals surface area contributed by atoms with Crippen molar-refractivity contribution in [1.82, 2.24) is 5.32 Å². The first-order valence-electron chi connectivity index (χ1n) is 7.39. The first kappa shape index (κ1) is 17.4. The fraction of sp³-hybridized carbons (Fsp3) is 0.158. The summed E-state index contributed by atoms with van der Waals surface area (Å²) in [6.07, 6.45) is 0.0825. The van der Waals surface area contributed by atoms with Gasteiger partial charge in [0.05, 0.1) is 10.8 Å².